The molecule has 120 valence electrons. The summed E-state index contributed by atoms with van der Waals surface area (Å²) in [5.41, 5.74) is 1.20. The van der Waals surface area contributed by atoms with Crippen molar-refractivity contribution in [1.82, 2.24) is 5.32 Å². The van der Waals surface area contributed by atoms with Crippen LogP contribution in [0, 0.1) is 11.7 Å². The molecule has 0 aromatic heterocycles. The third kappa shape index (κ3) is 3.51. The van der Waals surface area contributed by atoms with E-state index in [0.29, 0.717) is 22.5 Å². The molecule has 22 heavy (non-hydrogen) atoms. The molecule has 0 amide bonds. The molecule has 0 radical (unpaired) electrons. The van der Waals surface area contributed by atoms with Crippen molar-refractivity contribution in [3.63, 3.8) is 0 Å². The zero-order valence-corrected chi connectivity index (χ0v) is 14.0. The topological polar surface area (TPSA) is 49.3 Å². The number of nitrogens with one attached hydrogen (secondary N) is 1. The van der Waals surface area contributed by atoms with Crippen molar-refractivity contribution in [2.24, 2.45) is 5.92 Å². The Morgan fingerprint density at radius 1 is 1.18 bits per heavy atom. The fourth-order valence-corrected chi connectivity index (χ4v) is 4.03. The van der Waals surface area contributed by atoms with Crippen LogP contribution in [0.25, 0.3) is 0 Å². The Labute approximate surface area is 138 Å². The molecule has 1 aromatic carbocycles. The highest BCUT2D eigenvalue weighted by Crippen LogP contribution is 2.39. The second kappa shape index (κ2) is 6.67. The van der Waals surface area contributed by atoms with Gasteiger partial charge in [-0.1, -0.05) is 6.07 Å². The lowest BCUT2D eigenvalue weighted by Crippen LogP contribution is -2.47. The maximum Gasteiger partial charge on any atom is 0.306 e. The van der Waals surface area contributed by atoms with Crippen LogP contribution in [0.1, 0.15) is 50.0 Å². The first-order chi connectivity index (χ1) is 10.5. The van der Waals surface area contributed by atoms with E-state index in [9.17, 15) is 9.18 Å². The minimum atomic E-state index is -0.649. The predicted molar refractivity (Wildman–Crippen MR) is 86.4 cm³/mol. The van der Waals surface area contributed by atoms with E-state index in [4.69, 9.17) is 5.11 Å². The molecule has 0 heterocycles. The maximum absolute atomic E-state index is 13.3. The zero-order valence-electron chi connectivity index (χ0n) is 12.4. The standard InChI is InChI=1S/C17H21BrFNO2/c18-15-9-11(3-6-16(15)19)12-7-14(8-12)20-13-4-1-10(2-5-13)17(21)22/h3,6,9-10,12-14,20H,1-2,4-5,7-8H2,(H,21,22). The van der Waals surface area contributed by atoms with Gasteiger partial charge in [0.1, 0.15) is 5.82 Å². The first-order valence-electron chi connectivity index (χ1n) is 7.96. The van der Waals surface area contributed by atoms with Crippen molar-refractivity contribution in [3.05, 3.63) is 34.1 Å². The molecular formula is C17H21BrFNO2. The summed E-state index contributed by atoms with van der Waals surface area (Å²) in [7, 11) is 0. The average molecular weight is 370 g/mol. The average Bonchev–Trinajstić information content (AvgIpc) is 2.46. The number of hydrogen-bond donors (Lipinski definition) is 2. The van der Waals surface area contributed by atoms with Gasteiger partial charge in [0, 0.05) is 12.1 Å². The number of carboxylic acids is 1. The highest BCUT2D eigenvalue weighted by Gasteiger charge is 2.33. The van der Waals surface area contributed by atoms with E-state index >= 15 is 0 Å². The van der Waals surface area contributed by atoms with Gasteiger partial charge in [0.05, 0.1) is 10.4 Å². The molecule has 0 bridgehead atoms. The lowest BCUT2D eigenvalue weighted by atomic mass is 9.75. The summed E-state index contributed by atoms with van der Waals surface area (Å²) >= 11 is 3.24. The fraction of sp³-hybridized carbons (Fsp3) is 0.588. The van der Waals surface area contributed by atoms with Crippen LogP contribution in [0.5, 0.6) is 0 Å². The van der Waals surface area contributed by atoms with E-state index in [-0.39, 0.29) is 11.7 Å². The summed E-state index contributed by atoms with van der Waals surface area (Å²) in [4.78, 5) is 11.0. The molecule has 2 aliphatic carbocycles. The van der Waals surface area contributed by atoms with Gasteiger partial charge < -0.3 is 10.4 Å². The summed E-state index contributed by atoms with van der Waals surface area (Å²) in [5.74, 6) is -0.509. The zero-order chi connectivity index (χ0) is 15.7. The van der Waals surface area contributed by atoms with Gasteiger partial charge in [0.25, 0.3) is 0 Å². The Bertz CT molecular complexity index is 552. The summed E-state index contributed by atoms with van der Waals surface area (Å²) in [6.45, 7) is 0. The summed E-state index contributed by atoms with van der Waals surface area (Å²) in [5, 5.41) is 12.7. The third-order valence-corrected chi connectivity index (χ3v) is 5.71. The van der Waals surface area contributed by atoms with Crippen molar-refractivity contribution in [2.45, 2.75) is 56.5 Å². The molecule has 0 saturated heterocycles. The number of carbonyl (C=O) groups is 1. The molecule has 2 saturated carbocycles. The first kappa shape index (κ1) is 15.9. The predicted octanol–water partition coefficient (Wildman–Crippen LogP) is 4.07. The minimum absolute atomic E-state index is 0.149. The van der Waals surface area contributed by atoms with Crippen LogP contribution in [0.2, 0.25) is 0 Å². The van der Waals surface area contributed by atoms with Gasteiger partial charge >= 0.3 is 5.97 Å². The molecule has 3 nitrogen and oxygen atoms in total. The van der Waals surface area contributed by atoms with E-state index in [1.54, 1.807) is 0 Å². The second-order valence-electron chi connectivity index (χ2n) is 6.59. The van der Waals surface area contributed by atoms with E-state index in [1.807, 2.05) is 12.1 Å². The molecule has 1 aromatic rings. The number of aliphatic carboxylic acids is 1. The monoisotopic (exact) mass is 369 g/mol. The van der Waals surface area contributed by atoms with Gasteiger partial charge in [-0.15, -0.1) is 0 Å². The largest absolute Gasteiger partial charge is 0.481 e. The molecule has 2 N–H and O–H groups in total. The van der Waals surface area contributed by atoms with Crippen molar-refractivity contribution in [1.29, 1.82) is 0 Å². The molecule has 2 aliphatic rings. The van der Waals surface area contributed by atoms with Crippen LogP contribution in [0.15, 0.2) is 22.7 Å². The number of benzene rings is 1. The molecular weight excluding hydrogens is 349 g/mol. The van der Waals surface area contributed by atoms with E-state index in [1.165, 1.54) is 11.6 Å². The lowest BCUT2D eigenvalue weighted by molar-refractivity contribution is -0.142. The van der Waals surface area contributed by atoms with Crippen LogP contribution in [0.4, 0.5) is 4.39 Å². The number of halogens is 2. The second-order valence-corrected chi connectivity index (χ2v) is 7.45. The van der Waals surface area contributed by atoms with Crippen molar-refractivity contribution < 1.29 is 14.3 Å². The molecule has 2 fully saturated rings. The van der Waals surface area contributed by atoms with Crippen LogP contribution in [-0.2, 0) is 4.79 Å². The van der Waals surface area contributed by atoms with E-state index in [0.717, 1.165) is 38.5 Å². The quantitative estimate of drug-likeness (QED) is 0.840. The van der Waals surface area contributed by atoms with Gasteiger partial charge in [-0.3, -0.25) is 4.79 Å². The Balaban J connectivity index is 1.44. The number of rotatable bonds is 4. The summed E-state index contributed by atoms with van der Waals surface area (Å²) in [6, 6.07) is 6.25. The molecule has 0 unspecified atom stereocenters. The van der Waals surface area contributed by atoms with Crippen molar-refractivity contribution in [3.8, 4) is 0 Å². The molecule has 0 atom stereocenters. The molecule has 0 aliphatic heterocycles. The van der Waals surface area contributed by atoms with Crippen molar-refractivity contribution >= 4 is 21.9 Å². The molecule has 3 rings (SSSR count). The Morgan fingerprint density at radius 2 is 1.86 bits per heavy atom. The van der Waals surface area contributed by atoms with Crippen LogP contribution < -0.4 is 5.32 Å². The van der Waals surface area contributed by atoms with Crippen LogP contribution in [0.3, 0.4) is 0 Å². The summed E-state index contributed by atoms with van der Waals surface area (Å²) < 4.78 is 13.8. The van der Waals surface area contributed by atoms with Crippen LogP contribution in [-0.4, -0.2) is 23.2 Å². The number of hydrogen-bond acceptors (Lipinski definition) is 2. The first-order valence-corrected chi connectivity index (χ1v) is 8.76. The Hall–Kier alpha value is -0.940. The highest BCUT2D eigenvalue weighted by atomic mass is 79.9. The van der Waals surface area contributed by atoms with Gasteiger partial charge in [-0.05, 0) is 78.1 Å². The highest BCUT2D eigenvalue weighted by molar-refractivity contribution is 9.10. The molecule has 0 spiro atoms. The van der Waals surface area contributed by atoms with E-state index < -0.39 is 5.97 Å². The van der Waals surface area contributed by atoms with Gasteiger partial charge in [-0.2, -0.15) is 0 Å². The van der Waals surface area contributed by atoms with Gasteiger partial charge in [-0.25, -0.2) is 4.39 Å². The van der Waals surface area contributed by atoms with Crippen molar-refractivity contribution in [2.75, 3.05) is 0 Å². The van der Waals surface area contributed by atoms with Gasteiger partial charge in [0.15, 0.2) is 0 Å². The lowest BCUT2D eigenvalue weighted by Gasteiger charge is -2.40. The molecule has 5 heteroatoms. The fourth-order valence-electron chi connectivity index (χ4n) is 3.63. The smallest absolute Gasteiger partial charge is 0.306 e. The maximum atomic E-state index is 13.3. The normalized spacial score (nSPS) is 31.5. The number of carboxylic acid groups (broad SMARTS) is 1. The Kier molecular flexibility index (Phi) is 4.83. The third-order valence-electron chi connectivity index (χ3n) is 5.10. The Morgan fingerprint density at radius 3 is 2.45 bits per heavy atom. The SMILES string of the molecule is O=C(O)C1CCC(NC2CC(c3ccc(F)c(Br)c3)C2)CC1. The van der Waals surface area contributed by atoms with Crippen LogP contribution >= 0.6 is 15.9 Å². The minimum Gasteiger partial charge on any atom is -0.481 e. The van der Waals surface area contributed by atoms with Gasteiger partial charge in [0.2, 0.25) is 0 Å². The van der Waals surface area contributed by atoms with E-state index in [2.05, 4.69) is 21.2 Å². The summed E-state index contributed by atoms with van der Waals surface area (Å²) in [6.07, 6.45) is 5.65.